The second-order valence-electron chi connectivity index (χ2n) is 7.53. The van der Waals surface area contributed by atoms with Crippen LogP contribution < -0.4 is 0 Å². The highest BCUT2D eigenvalue weighted by atomic mass is 28.4. The van der Waals surface area contributed by atoms with Gasteiger partial charge in [0.15, 0.2) is 14.6 Å². The SMILES string of the molecule is CC1OCC(C)C(C(C)CO[Si](C)(C)C(C)(C)C)O1. The van der Waals surface area contributed by atoms with E-state index in [4.69, 9.17) is 13.9 Å². The fourth-order valence-corrected chi connectivity index (χ4v) is 3.24. The molecule has 1 aliphatic rings. The van der Waals surface area contributed by atoms with Crippen LogP contribution in [0.1, 0.15) is 41.5 Å². The van der Waals surface area contributed by atoms with Crippen molar-refractivity contribution in [1.29, 1.82) is 0 Å². The van der Waals surface area contributed by atoms with Crippen molar-refractivity contribution in [3.8, 4) is 0 Å². The molecule has 4 heteroatoms. The van der Waals surface area contributed by atoms with Crippen LogP contribution in [-0.2, 0) is 13.9 Å². The smallest absolute Gasteiger partial charge is 0.191 e. The van der Waals surface area contributed by atoms with Gasteiger partial charge in [-0.15, -0.1) is 0 Å². The summed E-state index contributed by atoms with van der Waals surface area (Å²) in [6, 6.07) is 0. The van der Waals surface area contributed by atoms with Gasteiger partial charge in [0, 0.05) is 18.4 Å². The maximum Gasteiger partial charge on any atom is 0.191 e. The van der Waals surface area contributed by atoms with E-state index < -0.39 is 8.32 Å². The van der Waals surface area contributed by atoms with Crippen molar-refractivity contribution in [3.63, 3.8) is 0 Å². The summed E-state index contributed by atoms with van der Waals surface area (Å²) < 4.78 is 17.8. The van der Waals surface area contributed by atoms with E-state index >= 15 is 0 Å². The Labute approximate surface area is 120 Å². The number of rotatable bonds is 4. The van der Waals surface area contributed by atoms with E-state index in [9.17, 15) is 0 Å². The number of ether oxygens (including phenoxy) is 2. The zero-order valence-electron chi connectivity index (χ0n) is 13.9. The van der Waals surface area contributed by atoms with E-state index in [2.05, 4.69) is 47.7 Å². The van der Waals surface area contributed by atoms with Gasteiger partial charge in [-0.2, -0.15) is 0 Å². The van der Waals surface area contributed by atoms with Gasteiger partial charge in [-0.1, -0.05) is 34.6 Å². The summed E-state index contributed by atoms with van der Waals surface area (Å²) in [7, 11) is -1.66. The first-order valence-electron chi connectivity index (χ1n) is 7.45. The molecule has 1 aliphatic heterocycles. The molecular weight excluding hydrogens is 256 g/mol. The second-order valence-corrected chi connectivity index (χ2v) is 12.3. The van der Waals surface area contributed by atoms with Crippen LogP contribution in [0, 0.1) is 11.8 Å². The highest BCUT2D eigenvalue weighted by molar-refractivity contribution is 6.74. The Balaban J connectivity index is 2.53. The molecule has 0 aromatic heterocycles. The summed E-state index contributed by atoms with van der Waals surface area (Å²) in [4.78, 5) is 0. The van der Waals surface area contributed by atoms with Crippen LogP contribution in [0.25, 0.3) is 0 Å². The van der Waals surface area contributed by atoms with Gasteiger partial charge < -0.3 is 13.9 Å². The van der Waals surface area contributed by atoms with Crippen LogP contribution in [-0.4, -0.2) is 33.9 Å². The minimum absolute atomic E-state index is 0.0866. The molecule has 1 fully saturated rings. The van der Waals surface area contributed by atoms with E-state index in [1.807, 2.05) is 6.92 Å². The molecule has 0 aliphatic carbocycles. The monoisotopic (exact) mass is 288 g/mol. The molecule has 0 bridgehead atoms. The molecule has 1 saturated heterocycles. The van der Waals surface area contributed by atoms with Gasteiger partial charge in [0.05, 0.1) is 12.7 Å². The molecule has 1 heterocycles. The molecule has 0 N–H and O–H groups in total. The number of hydrogen-bond donors (Lipinski definition) is 0. The fourth-order valence-electron chi connectivity index (χ4n) is 2.12. The Hall–Kier alpha value is 0.0969. The topological polar surface area (TPSA) is 27.7 Å². The molecule has 4 atom stereocenters. The lowest BCUT2D eigenvalue weighted by Gasteiger charge is -2.40. The molecule has 0 saturated carbocycles. The minimum Gasteiger partial charge on any atom is -0.416 e. The molecule has 1 rings (SSSR count). The van der Waals surface area contributed by atoms with E-state index in [0.29, 0.717) is 11.8 Å². The predicted octanol–water partition coefficient (Wildman–Crippen LogP) is 4.04. The summed E-state index contributed by atoms with van der Waals surface area (Å²) in [5.74, 6) is 0.852. The highest BCUT2D eigenvalue weighted by Crippen LogP contribution is 2.37. The Morgan fingerprint density at radius 3 is 2.37 bits per heavy atom. The standard InChI is InChI=1S/C15H32O3Si/c1-11-9-16-13(3)18-14(11)12(2)10-17-19(7,8)15(4,5)6/h11-14H,9-10H2,1-8H3. The van der Waals surface area contributed by atoms with Crippen LogP contribution in [0.4, 0.5) is 0 Å². The van der Waals surface area contributed by atoms with Crippen LogP contribution in [0.5, 0.6) is 0 Å². The summed E-state index contributed by atoms with van der Waals surface area (Å²) >= 11 is 0. The van der Waals surface area contributed by atoms with Crippen molar-refractivity contribution in [2.24, 2.45) is 11.8 Å². The second kappa shape index (κ2) is 6.25. The third-order valence-corrected chi connectivity index (χ3v) is 9.08. The molecule has 114 valence electrons. The lowest BCUT2D eigenvalue weighted by molar-refractivity contribution is -0.237. The minimum atomic E-state index is -1.66. The highest BCUT2D eigenvalue weighted by Gasteiger charge is 2.39. The van der Waals surface area contributed by atoms with Gasteiger partial charge in [0.25, 0.3) is 0 Å². The normalized spacial score (nSPS) is 31.3. The van der Waals surface area contributed by atoms with Crippen LogP contribution in [0.2, 0.25) is 18.1 Å². The Morgan fingerprint density at radius 1 is 1.26 bits per heavy atom. The zero-order valence-corrected chi connectivity index (χ0v) is 14.9. The van der Waals surface area contributed by atoms with Crippen molar-refractivity contribution in [2.75, 3.05) is 13.2 Å². The van der Waals surface area contributed by atoms with Crippen molar-refractivity contribution in [3.05, 3.63) is 0 Å². The van der Waals surface area contributed by atoms with Crippen molar-refractivity contribution < 1.29 is 13.9 Å². The Kier molecular flexibility index (Phi) is 5.64. The summed E-state index contributed by atoms with van der Waals surface area (Å²) in [6.07, 6.45) is 0.157. The van der Waals surface area contributed by atoms with Crippen LogP contribution >= 0.6 is 0 Å². The van der Waals surface area contributed by atoms with Crippen LogP contribution in [0.15, 0.2) is 0 Å². The van der Waals surface area contributed by atoms with Gasteiger partial charge >= 0.3 is 0 Å². The zero-order chi connectivity index (χ0) is 14.8. The van der Waals surface area contributed by atoms with Gasteiger partial charge in [-0.25, -0.2) is 0 Å². The summed E-state index contributed by atoms with van der Waals surface area (Å²) in [5, 5.41) is 0.266. The van der Waals surface area contributed by atoms with Crippen molar-refractivity contribution in [1.82, 2.24) is 0 Å². The van der Waals surface area contributed by atoms with Gasteiger partial charge in [-0.3, -0.25) is 0 Å². The van der Waals surface area contributed by atoms with E-state index in [0.717, 1.165) is 13.2 Å². The molecule has 0 amide bonds. The maximum absolute atomic E-state index is 6.31. The van der Waals surface area contributed by atoms with Crippen molar-refractivity contribution >= 4 is 8.32 Å². The molecular formula is C15H32O3Si. The van der Waals surface area contributed by atoms with Gasteiger partial charge in [-0.05, 0) is 25.1 Å². The van der Waals surface area contributed by atoms with E-state index in [1.165, 1.54) is 0 Å². The predicted molar refractivity (Wildman–Crippen MR) is 81.8 cm³/mol. The molecule has 4 unspecified atom stereocenters. The largest absolute Gasteiger partial charge is 0.416 e. The molecule has 0 aromatic rings. The fraction of sp³-hybridized carbons (Fsp3) is 1.00. The molecule has 19 heavy (non-hydrogen) atoms. The van der Waals surface area contributed by atoms with Crippen molar-refractivity contribution in [2.45, 2.75) is 72.1 Å². The first-order valence-corrected chi connectivity index (χ1v) is 10.4. The third-order valence-electron chi connectivity index (χ3n) is 4.58. The lowest BCUT2D eigenvalue weighted by Crippen LogP contribution is -2.46. The van der Waals surface area contributed by atoms with Gasteiger partial charge in [0.1, 0.15) is 0 Å². The van der Waals surface area contributed by atoms with Gasteiger partial charge in [0.2, 0.25) is 0 Å². The first-order chi connectivity index (χ1) is 8.54. The Bertz CT molecular complexity index is 286. The average molecular weight is 289 g/mol. The maximum atomic E-state index is 6.31. The lowest BCUT2D eigenvalue weighted by atomic mass is 9.93. The Morgan fingerprint density at radius 2 is 1.84 bits per heavy atom. The summed E-state index contributed by atoms with van der Waals surface area (Å²) in [6.45, 7) is 19.4. The number of hydrogen-bond acceptors (Lipinski definition) is 3. The van der Waals surface area contributed by atoms with E-state index in [-0.39, 0.29) is 17.4 Å². The molecule has 0 aromatic carbocycles. The summed E-state index contributed by atoms with van der Waals surface area (Å²) in [5.41, 5.74) is 0. The average Bonchev–Trinajstić information content (AvgIpc) is 2.28. The first kappa shape index (κ1) is 17.1. The van der Waals surface area contributed by atoms with E-state index in [1.54, 1.807) is 0 Å². The van der Waals surface area contributed by atoms with Crippen LogP contribution in [0.3, 0.4) is 0 Å². The molecule has 3 nitrogen and oxygen atoms in total. The molecule has 0 radical (unpaired) electrons. The quantitative estimate of drug-likeness (QED) is 0.731. The third kappa shape index (κ3) is 4.55. The molecule has 0 spiro atoms.